The van der Waals surface area contributed by atoms with Crippen LogP contribution in [0, 0.1) is 5.92 Å². The fourth-order valence-corrected chi connectivity index (χ4v) is 1.57. The summed E-state index contributed by atoms with van der Waals surface area (Å²) < 4.78 is 5.14. The van der Waals surface area contributed by atoms with E-state index in [9.17, 15) is 5.11 Å². The second-order valence-electron chi connectivity index (χ2n) is 4.10. The monoisotopic (exact) mass is 171 g/mol. The lowest BCUT2D eigenvalue weighted by atomic mass is 10.0. The highest BCUT2D eigenvalue weighted by atomic mass is 16.5. The second kappa shape index (κ2) is 3.32. The van der Waals surface area contributed by atoms with Crippen LogP contribution in [0.3, 0.4) is 0 Å². The van der Waals surface area contributed by atoms with Gasteiger partial charge < -0.3 is 15.2 Å². The Morgan fingerprint density at radius 2 is 2.33 bits per heavy atom. The molecule has 0 aromatic carbocycles. The van der Waals surface area contributed by atoms with Crippen LogP contribution in [-0.2, 0) is 4.74 Å². The number of aliphatic hydroxyl groups is 1. The van der Waals surface area contributed by atoms with E-state index in [2.05, 4.69) is 5.32 Å². The van der Waals surface area contributed by atoms with Gasteiger partial charge in [-0.3, -0.25) is 0 Å². The van der Waals surface area contributed by atoms with Crippen LogP contribution in [0.5, 0.6) is 0 Å². The largest absolute Gasteiger partial charge is 0.386 e. The number of ether oxygens (including phenoxy) is 1. The molecule has 0 aromatic heterocycles. The first kappa shape index (κ1) is 8.48. The van der Waals surface area contributed by atoms with Crippen molar-refractivity contribution in [2.45, 2.75) is 24.9 Å². The predicted molar refractivity (Wildman–Crippen MR) is 46.0 cm³/mol. The van der Waals surface area contributed by atoms with E-state index in [1.165, 1.54) is 12.8 Å². The summed E-state index contributed by atoms with van der Waals surface area (Å²) in [6.45, 7) is 2.98. The van der Waals surface area contributed by atoms with Gasteiger partial charge in [0.1, 0.15) is 5.60 Å². The second-order valence-corrected chi connectivity index (χ2v) is 4.10. The van der Waals surface area contributed by atoms with E-state index < -0.39 is 5.60 Å². The fraction of sp³-hybridized carbons (Fsp3) is 1.00. The SMILES string of the molecule is OC1(CNCC2CC2)CCOC1. The van der Waals surface area contributed by atoms with E-state index in [0.717, 1.165) is 18.9 Å². The van der Waals surface area contributed by atoms with Gasteiger partial charge in [0.05, 0.1) is 6.61 Å². The third kappa shape index (κ3) is 2.19. The predicted octanol–water partition coefficient (Wildman–Crippen LogP) is 0.137. The van der Waals surface area contributed by atoms with Gasteiger partial charge in [0.25, 0.3) is 0 Å². The minimum Gasteiger partial charge on any atom is -0.386 e. The Kier molecular flexibility index (Phi) is 2.35. The minimum atomic E-state index is -0.575. The zero-order valence-corrected chi connectivity index (χ0v) is 7.38. The highest BCUT2D eigenvalue weighted by Crippen LogP contribution is 2.27. The minimum absolute atomic E-state index is 0.505. The van der Waals surface area contributed by atoms with Gasteiger partial charge >= 0.3 is 0 Å². The van der Waals surface area contributed by atoms with Gasteiger partial charge in [0, 0.05) is 19.6 Å². The maximum Gasteiger partial charge on any atom is 0.102 e. The third-order valence-corrected chi connectivity index (χ3v) is 2.67. The first-order valence-corrected chi connectivity index (χ1v) is 4.79. The van der Waals surface area contributed by atoms with Crippen LogP contribution < -0.4 is 5.32 Å². The normalized spacial score (nSPS) is 35.8. The van der Waals surface area contributed by atoms with Crippen LogP contribution in [0.2, 0.25) is 0 Å². The molecule has 0 aromatic rings. The molecule has 2 N–H and O–H groups in total. The molecule has 1 unspecified atom stereocenters. The van der Waals surface area contributed by atoms with Gasteiger partial charge in [-0.05, 0) is 25.3 Å². The summed E-state index contributed by atoms with van der Waals surface area (Å²) in [5.74, 6) is 0.885. The molecule has 70 valence electrons. The Bertz CT molecular complexity index is 151. The molecule has 0 bridgehead atoms. The van der Waals surface area contributed by atoms with Crippen LogP contribution in [0.15, 0.2) is 0 Å². The molecular weight excluding hydrogens is 154 g/mol. The molecule has 0 spiro atoms. The summed E-state index contributed by atoms with van der Waals surface area (Å²) in [4.78, 5) is 0. The number of hydrogen-bond acceptors (Lipinski definition) is 3. The van der Waals surface area contributed by atoms with Crippen molar-refractivity contribution < 1.29 is 9.84 Å². The molecule has 1 saturated heterocycles. The molecular formula is C9H17NO2. The molecule has 3 nitrogen and oxygen atoms in total. The topological polar surface area (TPSA) is 41.5 Å². The number of nitrogens with one attached hydrogen (secondary N) is 1. The molecule has 1 heterocycles. The lowest BCUT2D eigenvalue weighted by Gasteiger charge is -2.20. The van der Waals surface area contributed by atoms with Gasteiger partial charge in [0.2, 0.25) is 0 Å². The van der Waals surface area contributed by atoms with Crippen molar-refractivity contribution in [3.63, 3.8) is 0 Å². The van der Waals surface area contributed by atoms with Crippen LogP contribution >= 0.6 is 0 Å². The molecule has 12 heavy (non-hydrogen) atoms. The van der Waals surface area contributed by atoms with Crippen molar-refractivity contribution in [1.82, 2.24) is 5.32 Å². The Balaban J connectivity index is 1.63. The summed E-state index contributed by atoms with van der Waals surface area (Å²) in [6, 6.07) is 0. The lowest BCUT2D eigenvalue weighted by Crippen LogP contribution is -2.41. The van der Waals surface area contributed by atoms with Gasteiger partial charge in [-0.15, -0.1) is 0 Å². The van der Waals surface area contributed by atoms with Gasteiger partial charge in [-0.2, -0.15) is 0 Å². The smallest absolute Gasteiger partial charge is 0.102 e. The number of rotatable bonds is 4. The zero-order valence-electron chi connectivity index (χ0n) is 7.38. The molecule has 1 aliphatic heterocycles. The van der Waals surface area contributed by atoms with E-state index in [1.807, 2.05) is 0 Å². The van der Waals surface area contributed by atoms with Crippen molar-refractivity contribution in [2.24, 2.45) is 5.92 Å². The summed E-state index contributed by atoms with van der Waals surface area (Å²) >= 11 is 0. The highest BCUT2D eigenvalue weighted by Gasteiger charge is 2.32. The quantitative estimate of drug-likeness (QED) is 0.632. The van der Waals surface area contributed by atoms with E-state index >= 15 is 0 Å². The summed E-state index contributed by atoms with van der Waals surface area (Å²) in [5.41, 5.74) is -0.575. The molecule has 2 fully saturated rings. The Morgan fingerprint density at radius 1 is 1.50 bits per heavy atom. The van der Waals surface area contributed by atoms with E-state index in [1.54, 1.807) is 0 Å². The zero-order chi connectivity index (χ0) is 8.44. The molecule has 1 aliphatic carbocycles. The van der Waals surface area contributed by atoms with Crippen molar-refractivity contribution in [3.05, 3.63) is 0 Å². The van der Waals surface area contributed by atoms with Gasteiger partial charge in [-0.25, -0.2) is 0 Å². The summed E-state index contributed by atoms with van der Waals surface area (Å²) in [6.07, 6.45) is 3.51. The van der Waals surface area contributed by atoms with Crippen LogP contribution in [0.1, 0.15) is 19.3 Å². The lowest BCUT2D eigenvalue weighted by molar-refractivity contribution is 0.0270. The highest BCUT2D eigenvalue weighted by molar-refractivity contribution is 4.86. The first-order valence-electron chi connectivity index (χ1n) is 4.79. The third-order valence-electron chi connectivity index (χ3n) is 2.67. The molecule has 2 aliphatic rings. The Morgan fingerprint density at radius 3 is 2.92 bits per heavy atom. The van der Waals surface area contributed by atoms with Crippen molar-refractivity contribution in [1.29, 1.82) is 0 Å². The number of hydrogen-bond donors (Lipinski definition) is 2. The Labute approximate surface area is 73.1 Å². The van der Waals surface area contributed by atoms with Crippen molar-refractivity contribution >= 4 is 0 Å². The van der Waals surface area contributed by atoms with Crippen molar-refractivity contribution in [2.75, 3.05) is 26.3 Å². The molecule has 3 heteroatoms. The summed E-state index contributed by atoms with van der Waals surface area (Å²) in [5, 5.41) is 13.1. The molecule has 1 saturated carbocycles. The molecule has 2 rings (SSSR count). The molecule has 0 amide bonds. The maximum atomic E-state index is 9.84. The van der Waals surface area contributed by atoms with E-state index in [4.69, 9.17) is 4.74 Å². The van der Waals surface area contributed by atoms with Crippen LogP contribution in [0.4, 0.5) is 0 Å². The Hall–Kier alpha value is -0.120. The first-order chi connectivity index (χ1) is 5.79. The van der Waals surface area contributed by atoms with Crippen LogP contribution in [-0.4, -0.2) is 37.0 Å². The van der Waals surface area contributed by atoms with Crippen molar-refractivity contribution in [3.8, 4) is 0 Å². The average Bonchev–Trinajstić information content (AvgIpc) is 2.75. The maximum absolute atomic E-state index is 9.84. The van der Waals surface area contributed by atoms with Gasteiger partial charge in [-0.1, -0.05) is 0 Å². The standard InChI is InChI=1S/C9H17NO2/c11-9(3-4-12-7-9)6-10-5-8-1-2-8/h8,10-11H,1-7H2. The molecule has 1 atom stereocenters. The average molecular weight is 171 g/mol. The molecule has 0 radical (unpaired) electrons. The van der Waals surface area contributed by atoms with E-state index in [-0.39, 0.29) is 0 Å². The van der Waals surface area contributed by atoms with Gasteiger partial charge in [0.15, 0.2) is 0 Å². The van der Waals surface area contributed by atoms with E-state index in [0.29, 0.717) is 19.8 Å². The summed E-state index contributed by atoms with van der Waals surface area (Å²) in [7, 11) is 0. The van der Waals surface area contributed by atoms with Crippen LogP contribution in [0.25, 0.3) is 0 Å². The fourth-order valence-electron chi connectivity index (χ4n) is 1.57.